The van der Waals surface area contributed by atoms with Gasteiger partial charge in [0.25, 0.3) is 0 Å². The summed E-state index contributed by atoms with van der Waals surface area (Å²) in [6.07, 6.45) is 5.83. The second-order valence-corrected chi connectivity index (χ2v) is 7.17. The first kappa shape index (κ1) is 19.2. The second-order valence-electron chi connectivity index (χ2n) is 7.17. The molecule has 22 heavy (non-hydrogen) atoms. The topological polar surface area (TPSA) is 64.6 Å². The van der Waals surface area contributed by atoms with E-state index in [1.807, 2.05) is 0 Å². The van der Waals surface area contributed by atoms with Gasteiger partial charge in [0.15, 0.2) is 0 Å². The first-order chi connectivity index (χ1) is 10.3. The van der Waals surface area contributed by atoms with Crippen LogP contribution in [0.2, 0.25) is 0 Å². The SMILES string of the molecule is CC(C)N(CCCNC(=O)NCC1(O)CCCCC1)C(C)C. The average molecular weight is 313 g/mol. The summed E-state index contributed by atoms with van der Waals surface area (Å²) in [5, 5.41) is 16.0. The zero-order chi connectivity index (χ0) is 16.6. The second kappa shape index (κ2) is 9.36. The molecule has 2 amide bonds. The molecule has 1 aliphatic carbocycles. The maximum Gasteiger partial charge on any atom is 0.314 e. The molecular weight excluding hydrogens is 278 g/mol. The van der Waals surface area contributed by atoms with Crippen molar-refractivity contribution >= 4 is 6.03 Å². The van der Waals surface area contributed by atoms with Crippen LogP contribution >= 0.6 is 0 Å². The minimum atomic E-state index is -0.693. The fourth-order valence-corrected chi connectivity index (χ4v) is 3.27. The van der Waals surface area contributed by atoms with Crippen LogP contribution in [0.3, 0.4) is 0 Å². The lowest BCUT2D eigenvalue weighted by Crippen LogP contribution is -2.47. The van der Waals surface area contributed by atoms with Crippen molar-refractivity contribution in [3.8, 4) is 0 Å². The standard InChI is InChI=1S/C17H35N3O2/c1-14(2)20(15(3)4)12-8-11-18-16(21)19-13-17(22)9-6-5-7-10-17/h14-15,22H,5-13H2,1-4H3,(H2,18,19,21). The van der Waals surface area contributed by atoms with Gasteiger partial charge in [0.1, 0.15) is 0 Å². The van der Waals surface area contributed by atoms with Crippen LogP contribution in [0.25, 0.3) is 0 Å². The van der Waals surface area contributed by atoms with Crippen LogP contribution in [-0.2, 0) is 0 Å². The zero-order valence-corrected chi connectivity index (χ0v) is 14.8. The van der Waals surface area contributed by atoms with Crippen molar-refractivity contribution in [3.63, 3.8) is 0 Å². The number of amides is 2. The summed E-state index contributed by atoms with van der Waals surface area (Å²) in [7, 11) is 0. The van der Waals surface area contributed by atoms with Gasteiger partial charge in [0.2, 0.25) is 0 Å². The quantitative estimate of drug-likeness (QED) is 0.603. The summed E-state index contributed by atoms with van der Waals surface area (Å²) in [4.78, 5) is 14.2. The third-order valence-electron chi connectivity index (χ3n) is 4.57. The van der Waals surface area contributed by atoms with Crippen molar-refractivity contribution < 1.29 is 9.90 Å². The maximum atomic E-state index is 11.8. The van der Waals surface area contributed by atoms with E-state index < -0.39 is 5.60 Å². The van der Waals surface area contributed by atoms with Gasteiger partial charge in [-0.3, -0.25) is 4.90 Å². The van der Waals surface area contributed by atoms with E-state index in [0.29, 0.717) is 25.2 Å². The van der Waals surface area contributed by atoms with E-state index in [1.165, 1.54) is 6.42 Å². The number of nitrogens with one attached hydrogen (secondary N) is 2. The fourth-order valence-electron chi connectivity index (χ4n) is 3.27. The van der Waals surface area contributed by atoms with E-state index in [0.717, 1.165) is 38.6 Å². The molecule has 1 fully saturated rings. The molecule has 0 aromatic carbocycles. The van der Waals surface area contributed by atoms with E-state index >= 15 is 0 Å². The number of urea groups is 1. The number of carbonyl (C=O) groups excluding carboxylic acids is 1. The molecule has 0 unspecified atom stereocenters. The molecule has 0 aliphatic heterocycles. The molecule has 0 atom stereocenters. The van der Waals surface area contributed by atoms with Crippen molar-refractivity contribution in [1.82, 2.24) is 15.5 Å². The van der Waals surface area contributed by atoms with Crippen molar-refractivity contribution in [3.05, 3.63) is 0 Å². The van der Waals surface area contributed by atoms with Crippen LogP contribution in [0.1, 0.15) is 66.2 Å². The van der Waals surface area contributed by atoms with Crippen LogP contribution in [0.5, 0.6) is 0 Å². The Balaban J connectivity index is 2.15. The monoisotopic (exact) mass is 313 g/mol. The van der Waals surface area contributed by atoms with Gasteiger partial charge in [0.05, 0.1) is 5.60 Å². The van der Waals surface area contributed by atoms with Crippen molar-refractivity contribution in [2.45, 2.75) is 83.9 Å². The Hall–Kier alpha value is -0.810. The Morgan fingerprint density at radius 3 is 2.23 bits per heavy atom. The molecule has 0 aromatic rings. The summed E-state index contributed by atoms with van der Waals surface area (Å²) in [5.74, 6) is 0. The normalized spacial score (nSPS) is 18.0. The molecule has 0 bridgehead atoms. The van der Waals surface area contributed by atoms with Gasteiger partial charge in [-0.05, 0) is 47.0 Å². The third kappa shape index (κ3) is 6.97. The lowest BCUT2D eigenvalue weighted by atomic mass is 9.85. The molecule has 1 rings (SSSR count). The van der Waals surface area contributed by atoms with E-state index in [-0.39, 0.29) is 6.03 Å². The highest BCUT2D eigenvalue weighted by Gasteiger charge is 2.29. The lowest BCUT2D eigenvalue weighted by Gasteiger charge is -2.32. The number of nitrogens with zero attached hydrogens (tertiary/aromatic N) is 1. The maximum absolute atomic E-state index is 11.8. The van der Waals surface area contributed by atoms with Gasteiger partial charge >= 0.3 is 6.03 Å². The molecule has 0 spiro atoms. The minimum Gasteiger partial charge on any atom is -0.388 e. The molecule has 0 saturated heterocycles. The summed E-state index contributed by atoms with van der Waals surface area (Å²) in [6.45, 7) is 10.8. The minimum absolute atomic E-state index is 0.167. The molecular formula is C17H35N3O2. The van der Waals surface area contributed by atoms with E-state index in [2.05, 4.69) is 43.2 Å². The Morgan fingerprint density at radius 1 is 1.09 bits per heavy atom. The molecule has 3 N–H and O–H groups in total. The summed E-state index contributed by atoms with van der Waals surface area (Å²) < 4.78 is 0. The molecule has 5 heteroatoms. The number of carbonyl (C=O) groups is 1. The van der Waals surface area contributed by atoms with Crippen molar-refractivity contribution in [2.75, 3.05) is 19.6 Å². The Bertz CT molecular complexity index is 318. The van der Waals surface area contributed by atoms with Gasteiger partial charge in [-0.2, -0.15) is 0 Å². The third-order valence-corrected chi connectivity index (χ3v) is 4.57. The summed E-state index contributed by atoms with van der Waals surface area (Å²) >= 11 is 0. The summed E-state index contributed by atoms with van der Waals surface area (Å²) in [5.41, 5.74) is -0.693. The predicted molar refractivity (Wildman–Crippen MR) is 91.0 cm³/mol. The Labute approximate surface area is 135 Å². The van der Waals surface area contributed by atoms with Gasteiger partial charge in [0, 0.05) is 31.7 Å². The van der Waals surface area contributed by atoms with E-state index in [9.17, 15) is 9.90 Å². The smallest absolute Gasteiger partial charge is 0.314 e. The van der Waals surface area contributed by atoms with Crippen LogP contribution < -0.4 is 10.6 Å². The van der Waals surface area contributed by atoms with E-state index in [1.54, 1.807) is 0 Å². The highest BCUT2D eigenvalue weighted by molar-refractivity contribution is 5.73. The number of hydrogen-bond donors (Lipinski definition) is 3. The Kier molecular flexibility index (Phi) is 8.18. The molecule has 0 radical (unpaired) electrons. The average Bonchev–Trinajstić information content (AvgIpc) is 2.45. The fraction of sp³-hybridized carbons (Fsp3) is 0.941. The number of aliphatic hydroxyl groups is 1. The van der Waals surface area contributed by atoms with Gasteiger partial charge < -0.3 is 15.7 Å². The molecule has 0 heterocycles. The van der Waals surface area contributed by atoms with Crippen molar-refractivity contribution in [1.29, 1.82) is 0 Å². The highest BCUT2D eigenvalue weighted by Crippen LogP contribution is 2.27. The number of hydrogen-bond acceptors (Lipinski definition) is 3. The molecule has 130 valence electrons. The van der Waals surface area contributed by atoms with Gasteiger partial charge in [-0.25, -0.2) is 4.79 Å². The Morgan fingerprint density at radius 2 is 1.68 bits per heavy atom. The van der Waals surface area contributed by atoms with Crippen LogP contribution in [-0.4, -0.2) is 53.4 Å². The first-order valence-corrected chi connectivity index (χ1v) is 8.84. The van der Waals surface area contributed by atoms with Crippen LogP contribution in [0.4, 0.5) is 4.79 Å². The first-order valence-electron chi connectivity index (χ1n) is 8.84. The highest BCUT2D eigenvalue weighted by atomic mass is 16.3. The molecule has 5 nitrogen and oxygen atoms in total. The number of rotatable bonds is 8. The molecule has 1 saturated carbocycles. The van der Waals surface area contributed by atoms with Gasteiger partial charge in [-0.15, -0.1) is 0 Å². The largest absolute Gasteiger partial charge is 0.388 e. The lowest BCUT2D eigenvalue weighted by molar-refractivity contribution is 0.00719. The summed E-state index contributed by atoms with van der Waals surface area (Å²) in [6, 6.07) is 0.878. The predicted octanol–water partition coefficient (Wildman–Crippen LogP) is 2.49. The van der Waals surface area contributed by atoms with Crippen molar-refractivity contribution in [2.24, 2.45) is 0 Å². The van der Waals surface area contributed by atoms with Crippen LogP contribution in [0, 0.1) is 0 Å². The molecule has 0 aromatic heterocycles. The van der Waals surface area contributed by atoms with E-state index in [4.69, 9.17) is 0 Å². The zero-order valence-electron chi connectivity index (χ0n) is 14.8. The van der Waals surface area contributed by atoms with Gasteiger partial charge in [-0.1, -0.05) is 19.3 Å². The van der Waals surface area contributed by atoms with Crippen LogP contribution in [0.15, 0.2) is 0 Å². The molecule has 1 aliphatic rings.